The van der Waals surface area contributed by atoms with Crippen molar-refractivity contribution in [3.05, 3.63) is 11.1 Å². The van der Waals surface area contributed by atoms with Crippen LogP contribution in [0.3, 0.4) is 0 Å². The third-order valence-electron chi connectivity index (χ3n) is 3.63. The van der Waals surface area contributed by atoms with Crippen molar-refractivity contribution in [3.63, 3.8) is 0 Å². The number of hydrogen-bond acceptors (Lipinski definition) is 0. The molecule has 11 heavy (non-hydrogen) atoms. The molecule has 1 atom stereocenters. The van der Waals surface area contributed by atoms with Crippen LogP contribution in [-0.4, -0.2) is 5.48 Å². The van der Waals surface area contributed by atoms with Crippen LogP contribution in [0.2, 0.25) is 0 Å². The Bertz CT molecular complexity index is 201. The van der Waals surface area contributed by atoms with E-state index in [0.717, 1.165) is 5.92 Å². The highest BCUT2D eigenvalue weighted by atomic mass is 16.0. The molecule has 1 saturated carbocycles. The average Bonchev–Trinajstić information content (AvgIpc) is 1.87. The van der Waals surface area contributed by atoms with Crippen LogP contribution in [0.4, 0.5) is 0 Å². The molecule has 0 aromatic carbocycles. The molecule has 0 amide bonds. The van der Waals surface area contributed by atoms with Gasteiger partial charge in [-0.2, -0.15) is 0 Å². The molecule has 0 saturated heterocycles. The van der Waals surface area contributed by atoms with Crippen molar-refractivity contribution in [2.75, 3.05) is 0 Å². The van der Waals surface area contributed by atoms with Crippen LogP contribution in [0, 0.1) is 11.3 Å². The van der Waals surface area contributed by atoms with E-state index in [9.17, 15) is 0 Å². The Hall–Kier alpha value is -0.300. The standard InChI is InChI=1S/C10H16.H2O/c1-7-4-5-8-6-9(7)10(8,2)3;/h8H,4-6H2,1-3H3;1H2. The minimum absolute atomic E-state index is 0. The first-order chi connectivity index (χ1) is 4.62. The molecule has 1 heteroatoms. The van der Waals surface area contributed by atoms with Gasteiger partial charge < -0.3 is 5.48 Å². The average molecular weight is 154 g/mol. The first-order valence-electron chi connectivity index (χ1n) is 4.31. The molecule has 2 bridgehead atoms. The summed E-state index contributed by atoms with van der Waals surface area (Å²) in [6.45, 7) is 7.12. The van der Waals surface area contributed by atoms with E-state index in [4.69, 9.17) is 0 Å². The number of hydrogen-bond donors (Lipinski definition) is 0. The van der Waals surface area contributed by atoms with Gasteiger partial charge in [-0.25, -0.2) is 0 Å². The Morgan fingerprint density at radius 1 is 1.36 bits per heavy atom. The summed E-state index contributed by atoms with van der Waals surface area (Å²) in [5.74, 6) is 1.02. The number of rotatable bonds is 0. The molecule has 0 heterocycles. The number of fused-ring (bicyclic) bond motifs is 2. The zero-order valence-electron chi connectivity index (χ0n) is 7.70. The molecular formula is C10H18O. The number of allylic oxidation sites excluding steroid dienone is 2. The minimum Gasteiger partial charge on any atom is -0.412 e. The lowest BCUT2D eigenvalue weighted by Crippen LogP contribution is -2.41. The van der Waals surface area contributed by atoms with Crippen molar-refractivity contribution in [2.45, 2.75) is 40.0 Å². The summed E-state index contributed by atoms with van der Waals surface area (Å²) in [5.41, 5.74) is 4.04. The fourth-order valence-corrected chi connectivity index (χ4v) is 2.61. The van der Waals surface area contributed by atoms with E-state index in [1.54, 1.807) is 11.1 Å². The second kappa shape index (κ2) is 2.34. The summed E-state index contributed by atoms with van der Waals surface area (Å²) < 4.78 is 0. The van der Waals surface area contributed by atoms with Gasteiger partial charge in [0.05, 0.1) is 0 Å². The van der Waals surface area contributed by atoms with Crippen LogP contribution in [0.5, 0.6) is 0 Å². The summed E-state index contributed by atoms with van der Waals surface area (Å²) in [6, 6.07) is 0. The summed E-state index contributed by atoms with van der Waals surface area (Å²) in [6.07, 6.45) is 4.24. The van der Waals surface area contributed by atoms with Gasteiger partial charge in [0.1, 0.15) is 0 Å². The first kappa shape index (κ1) is 8.79. The van der Waals surface area contributed by atoms with E-state index >= 15 is 0 Å². The van der Waals surface area contributed by atoms with Crippen molar-refractivity contribution in [3.8, 4) is 0 Å². The van der Waals surface area contributed by atoms with Gasteiger partial charge in [-0.1, -0.05) is 25.0 Å². The highest BCUT2D eigenvalue weighted by Gasteiger charge is 2.46. The lowest BCUT2D eigenvalue weighted by atomic mass is 9.52. The van der Waals surface area contributed by atoms with Crippen LogP contribution in [-0.2, 0) is 0 Å². The monoisotopic (exact) mass is 154 g/mol. The smallest absolute Gasteiger partial charge is 0.0111 e. The maximum absolute atomic E-state index is 2.40. The Morgan fingerprint density at radius 3 is 2.27 bits per heavy atom. The SMILES string of the molecule is CC1=C2CC(CC1)C2(C)C.O. The summed E-state index contributed by atoms with van der Waals surface area (Å²) in [4.78, 5) is 0. The van der Waals surface area contributed by atoms with Gasteiger partial charge in [0.15, 0.2) is 0 Å². The molecule has 1 nitrogen and oxygen atoms in total. The predicted molar refractivity (Wildman–Crippen MR) is 47.4 cm³/mol. The van der Waals surface area contributed by atoms with Gasteiger partial charge >= 0.3 is 0 Å². The van der Waals surface area contributed by atoms with Crippen LogP contribution < -0.4 is 0 Å². The third kappa shape index (κ3) is 0.943. The van der Waals surface area contributed by atoms with Crippen LogP contribution in [0.1, 0.15) is 40.0 Å². The highest BCUT2D eigenvalue weighted by Crippen LogP contribution is 2.58. The van der Waals surface area contributed by atoms with Crippen LogP contribution >= 0.6 is 0 Å². The second-order valence-electron chi connectivity index (χ2n) is 4.42. The zero-order valence-corrected chi connectivity index (χ0v) is 7.70. The molecule has 2 N–H and O–H groups in total. The molecule has 0 aliphatic heterocycles. The van der Waals surface area contributed by atoms with Crippen LogP contribution in [0.15, 0.2) is 11.1 Å². The van der Waals surface area contributed by atoms with Crippen LogP contribution in [0.25, 0.3) is 0 Å². The molecule has 0 radical (unpaired) electrons. The normalized spacial score (nSPS) is 32.5. The maximum atomic E-state index is 2.40. The molecule has 1 fully saturated rings. The molecule has 1 unspecified atom stereocenters. The van der Waals surface area contributed by atoms with Crippen molar-refractivity contribution < 1.29 is 5.48 Å². The minimum atomic E-state index is 0. The van der Waals surface area contributed by atoms with Gasteiger partial charge in [-0.15, -0.1) is 0 Å². The molecule has 64 valence electrons. The Morgan fingerprint density at radius 2 is 2.00 bits per heavy atom. The van der Waals surface area contributed by atoms with Gasteiger partial charge in [-0.3, -0.25) is 0 Å². The molecule has 3 aliphatic rings. The second-order valence-corrected chi connectivity index (χ2v) is 4.42. The van der Waals surface area contributed by atoms with Crippen molar-refractivity contribution in [1.29, 1.82) is 0 Å². The topological polar surface area (TPSA) is 31.5 Å². The predicted octanol–water partition coefficient (Wildman–Crippen LogP) is 2.32. The lowest BCUT2D eigenvalue weighted by Gasteiger charge is -2.52. The van der Waals surface area contributed by atoms with Gasteiger partial charge in [0, 0.05) is 0 Å². The summed E-state index contributed by atoms with van der Waals surface area (Å²) >= 11 is 0. The van der Waals surface area contributed by atoms with Crippen molar-refractivity contribution >= 4 is 0 Å². The largest absolute Gasteiger partial charge is 0.412 e. The van der Waals surface area contributed by atoms with E-state index in [-0.39, 0.29) is 5.48 Å². The molecule has 0 aromatic rings. The summed E-state index contributed by atoms with van der Waals surface area (Å²) in [5, 5.41) is 0. The van der Waals surface area contributed by atoms with E-state index in [0.29, 0.717) is 5.41 Å². The molecule has 0 spiro atoms. The Balaban J connectivity index is 0.000000605. The Labute approximate surface area is 68.8 Å². The van der Waals surface area contributed by atoms with Gasteiger partial charge in [0.2, 0.25) is 0 Å². The fraction of sp³-hybridized carbons (Fsp3) is 0.800. The molecular weight excluding hydrogens is 136 g/mol. The quantitative estimate of drug-likeness (QED) is 0.479. The fourth-order valence-electron chi connectivity index (χ4n) is 2.61. The summed E-state index contributed by atoms with van der Waals surface area (Å²) in [7, 11) is 0. The van der Waals surface area contributed by atoms with Crippen molar-refractivity contribution in [1.82, 2.24) is 0 Å². The van der Waals surface area contributed by atoms with E-state index in [1.165, 1.54) is 19.3 Å². The van der Waals surface area contributed by atoms with Crippen molar-refractivity contribution in [2.24, 2.45) is 11.3 Å². The Kier molecular flexibility index (Phi) is 1.87. The third-order valence-corrected chi connectivity index (χ3v) is 3.63. The first-order valence-corrected chi connectivity index (χ1v) is 4.31. The van der Waals surface area contributed by atoms with E-state index in [2.05, 4.69) is 20.8 Å². The molecule has 3 rings (SSSR count). The maximum Gasteiger partial charge on any atom is -0.0111 e. The highest BCUT2D eigenvalue weighted by molar-refractivity contribution is 5.32. The van der Waals surface area contributed by atoms with E-state index in [1.807, 2.05) is 0 Å². The van der Waals surface area contributed by atoms with E-state index < -0.39 is 0 Å². The zero-order chi connectivity index (χ0) is 7.35. The van der Waals surface area contributed by atoms with Gasteiger partial charge in [0.25, 0.3) is 0 Å². The molecule has 0 aromatic heterocycles. The van der Waals surface area contributed by atoms with Gasteiger partial charge in [-0.05, 0) is 37.5 Å². The molecule has 3 aliphatic carbocycles. The lowest BCUT2D eigenvalue weighted by molar-refractivity contribution is 0.133.